The molecule has 0 spiro atoms. The van der Waals surface area contributed by atoms with Gasteiger partial charge in [0.15, 0.2) is 5.78 Å². The average Bonchev–Trinajstić information content (AvgIpc) is 2.29. The van der Waals surface area contributed by atoms with Crippen LogP contribution in [-0.2, 0) is 5.41 Å². The highest BCUT2D eigenvalue weighted by Gasteiger charge is 2.19. The Kier molecular flexibility index (Phi) is 4.07. The molecule has 1 rings (SSSR count). The molecule has 0 fully saturated rings. The van der Waals surface area contributed by atoms with E-state index < -0.39 is 5.92 Å². The van der Waals surface area contributed by atoms with Crippen LogP contribution in [0.3, 0.4) is 0 Å². The van der Waals surface area contributed by atoms with Crippen LogP contribution in [-0.4, -0.2) is 5.78 Å². The van der Waals surface area contributed by atoms with Gasteiger partial charge in [-0.1, -0.05) is 52.0 Å². The first-order valence-corrected chi connectivity index (χ1v) is 5.94. The van der Waals surface area contributed by atoms with E-state index in [1.165, 1.54) is 5.56 Å². The first kappa shape index (κ1) is 13.4. The van der Waals surface area contributed by atoms with E-state index in [-0.39, 0.29) is 11.2 Å². The van der Waals surface area contributed by atoms with Gasteiger partial charge in [-0.25, -0.2) is 0 Å². The number of carbonyl (C=O) groups excluding carboxylic acids is 1. The second kappa shape index (κ2) is 5.14. The smallest absolute Gasteiger partial charge is 0.179 e. The second-order valence-electron chi connectivity index (χ2n) is 5.28. The normalized spacial score (nSPS) is 12.9. The summed E-state index contributed by atoms with van der Waals surface area (Å²) < 4.78 is 0. The van der Waals surface area contributed by atoms with E-state index in [1.54, 1.807) is 0 Å². The Morgan fingerprint density at radius 1 is 1.29 bits per heavy atom. The van der Waals surface area contributed by atoms with E-state index in [1.807, 2.05) is 37.3 Å². The van der Waals surface area contributed by atoms with Crippen molar-refractivity contribution in [2.24, 2.45) is 5.92 Å². The molecule has 0 aliphatic heterocycles. The van der Waals surface area contributed by atoms with Crippen molar-refractivity contribution in [3.05, 3.63) is 35.4 Å². The fourth-order valence-corrected chi connectivity index (χ4v) is 1.67. The Labute approximate surface area is 103 Å². The Morgan fingerprint density at radius 2 is 1.82 bits per heavy atom. The number of hydrogen-bond donors (Lipinski definition) is 0. The quantitative estimate of drug-likeness (QED) is 0.741. The summed E-state index contributed by atoms with van der Waals surface area (Å²) in [7, 11) is 0. The minimum absolute atomic E-state index is 0.0736. The third-order valence-corrected chi connectivity index (χ3v) is 2.92. The van der Waals surface area contributed by atoms with Gasteiger partial charge in [0, 0.05) is 5.56 Å². The van der Waals surface area contributed by atoms with Crippen molar-refractivity contribution >= 4 is 5.78 Å². The molecule has 2 heteroatoms. The molecule has 1 unspecified atom stereocenters. The zero-order valence-corrected chi connectivity index (χ0v) is 10.9. The minimum Gasteiger partial charge on any atom is -0.293 e. The maximum absolute atomic E-state index is 11.9. The summed E-state index contributed by atoms with van der Waals surface area (Å²) in [5, 5.41) is 8.87. The number of rotatable bonds is 3. The van der Waals surface area contributed by atoms with Crippen LogP contribution < -0.4 is 0 Å². The lowest BCUT2D eigenvalue weighted by Gasteiger charge is -2.19. The van der Waals surface area contributed by atoms with Gasteiger partial charge in [0.25, 0.3) is 0 Å². The summed E-state index contributed by atoms with van der Waals surface area (Å²) in [6, 6.07) is 9.63. The third kappa shape index (κ3) is 3.17. The zero-order valence-electron chi connectivity index (χ0n) is 10.9. The standard InChI is InChI=1S/C15H19NO/c1-5-11(10-16)14(17)12-6-8-13(9-7-12)15(2,3)4/h6-9,11H,5H2,1-4H3. The van der Waals surface area contributed by atoms with E-state index in [4.69, 9.17) is 5.26 Å². The monoisotopic (exact) mass is 229 g/mol. The maximum atomic E-state index is 11.9. The van der Waals surface area contributed by atoms with Gasteiger partial charge in [0.05, 0.1) is 6.07 Å². The van der Waals surface area contributed by atoms with Crippen LogP contribution in [0.1, 0.15) is 50.0 Å². The molecule has 0 heterocycles. The number of benzene rings is 1. The zero-order chi connectivity index (χ0) is 13.1. The highest BCUT2D eigenvalue weighted by atomic mass is 16.1. The van der Waals surface area contributed by atoms with E-state index >= 15 is 0 Å². The molecule has 0 saturated carbocycles. The van der Waals surface area contributed by atoms with Crippen molar-refractivity contribution < 1.29 is 4.79 Å². The largest absolute Gasteiger partial charge is 0.293 e. The number of nitriles is 1. The summed E-state index contributed by atoms with van der Waals surface area (Å²) in [6.07, 6.45) is 0.566. The van der Waals surface area contributed by atoms with Crippen molar-refractivity contribution in [2.45, 2.75) is 39.5 Å². The van der Waals surface area contributed by atoms with E-state index in [2.05, 4.69) is 20.8 Å². The van der Waals surface area contributed by atoms with Crippen LogP contribution in [0, 0.1) is 17.2 Å². The van der Waals surface area contributed by atoms with Gasteiger partial charge in [-0.3, -0.25) is 4.79 Å². The molecule has 0 aliphatic rings. The molecule has 0 aliphatic carbocycles. The lowest BCUT2D eigenvalue weighted by atomic mass is 9.86. The Balaban J connectivity index is 2.96. The molecule has 1 atom stereocenters. The summed E-state index contributed by atoms with van der Waals surface area (Å²) in [5.41, 5.74) is 1.91. The lowest BCUT2D eigenvalue weighted by molar-refractivity contribution is 0.0946. The molecule has 17 heavy (non-hydrogen) atoms. The predicted molar refractivity (Wildman–Crippen MR) is 68.9 cm³/mol. The van der Waals surface area contributed by atoms with Crippen molar-refractivity contribution in [1.82, 2.24) is 0 Å². The topological polar surface area (TPSA) is 40.9 Å². The molecule has 0 amide bonds. The van der Waals surface area contributed by atoms with Gasteiger partial charge in [-0.2, -0.15) is 5.26 Å². The number of carbonyl (C=O) groups is 1. The van der Waals surface area contributed by atoms with Crippen LogP contribution in [0.2, 0.25) is 0 Å². The summed E-state index contributed by atoms with van der Waals surface area (Å²) in [4.78, 5) is 11.9. The molecule has 0 N–H and O–H groups in total. The molecular weight excluding hydrogens is 210 g/mol. The molecule has 90 valence electrons. The third-order valence-electron chi connectivity index (χ3n) is 2.92. The highest BCUT2D eigenvalue weighted by molar-refractivity contribution is 5.99. The molecule has 0 aromatic heterocycles. The van der Waals surface area contributed by atoms with Crippen molar-refractivity contribution in [3.63, 3.8) is 0 Å². The van der Waals surface area contributed by atoms with Gasteiger partial charge in [0.1, 0.15) is 5.92 Å². The van der Waals surface area contributed by atoms with Crippen LogP contribution in [0.4, 0.5) is 0 Å². The van der Waals surface area contributed by atoms with Gasteiger partial charge in [-0.15, -0.1) is 0 Å². The molecule has 0 saturated heterocycles. The minimum atomic E-state index is -0.518. The SMILES string of the molecule is CCC(C#N)C(=O)c1ccc(C(C)(C)C)cc1. The van der Waals surface area contributed by atoms with E-state index in [0.717, 1.165) is 0 Å². The second-order valence-corrected chi connectivity index (χ2v) is 5.28. The van der Waals surface area contributed by atoms with Crippen LogP contribution in [0.5, 0.6) is 0 Å². The molecule has 0 radical (unpaired) electrons. The number of ketones is 1. The van der Waals surface area contributed by atoms with Gasteiger partial charge in [0.2, 0.25) is 0 Å². The average molecular weight is 229 g/mol. The molecular formula is C15H19NO. The van der Waals surface area contributed by atoms with E-state index in [0.29, 0.717) is 12.0 Å². The summed E-state index contributed by atoms with van der Waals surface area (Å²) in [5.74, 6) is -0.592. The van der Waals surface area contributed by atoms with Crippen LogP contribution >= 0.6 is 0 Å². The number of nitrogens with zero attached hydrogens (tertiary/aromatic N) is 1. The lowest BCUT2D eigenvalue weighted by Crippen LogP contribution is -2.14. The van der Waals surface area contributed by atoms with Crippen LogP contribution in [0.15, 0.2) is 24.3 Å². The van der Waals surface area contributed by atoms with Crippen molar-refractivity contribution in [1.29, 1.82) is 5.26 Å². The molecule has 2 nitrogen and oxygen atoms in total. The van der Waals surface area contributed by atoms with Gasteiger partial charge < -0.3 is 0 Å². The van der Waals surface area contributed by atoms with Gasteiger partial charge >= 0.3 is 0 Å². The number of Topliss-reactive ketones (excluding diaryl/α,β-unsaturated/α-hetero) is 1. The summed E-state index contributed by atoms with van der Waals surface area (Å²) >= 11 is 0. The van der Waals surface area contributed by atoms with Gasteiger partial charge in [-0.05, 0) is 17.4 Å². The fraction of sp³-hybridized carbons (Fsp3) is 0.467. The maximum Gasteiger partial charge on any atom is 0.179 e. The highest BCUT2D eigenvalue weighted by Crippen LogP contribution is 2.23. The molecule has 1 aromatic carbocycles. The predicted octanol–water partition coefficient (Wildman–Crippen LogP) is 3.72. The molecule has 1 aromatic rings. The fourth-order valence-electron chi connectivity index (χ4n) is 1.67. The Bertz CT molecular complexity index is 431. The first-order valence-electron chi connectivity index (χ1n) is 5.94. The first-order chi connectivity index (χ1) is 7.90. The number of hydrogen-bond acceptors (Lipinski definition) is 2. The van der Waals surface area contributed by atoms with Crippen molar-refractivity contribution in [3.8, 4) is 6.07 Å². The summed E-state index contributed by atoms with van der Waals surface area (Å²) in [6.45, 7) is 8.26. The van der Waals surface area contributed by atoms with Crippen LogP contribution in [0.25, 0.3) is 0 Å². The Hall–Kier alpha value is -1.62. The van der Waals surface area contributed by atoms with Crippen molar-refractivity contribution in [2.75, 3.05) is 0 Å². The molecule has 0 bridgehead atoms. The van der Waals surface area contributed by atoms with E-state index in [9.17, 15) is 4.79 Å². The Morgan fingerprint density at radius 3 is 2.18 bits per heavy atom.